The molecule has 0 unspecified atom stereocenters. The number of alkyl halides is 2. The standard InChI is InChI=1S/C20H30Cl2N2O4/c1-14-5-6-17(24(9-7-21)10-8-22)12-15(14)11-16(13-18(25)26)23-19(27)28-20(2,3)4/h5-6,12,16H,7-11,13H2,1-4H3,(H,23,27)(H,25,26)/t16-/m0/s1/i7D2,8D2,9D2,10D2. The summed E-state index contributed by atoms with van der Waals surface area (Å²) >= 11 is 11.2. The van der Waals surface area contributed by atoms with Gasteiger partial charge in [-0.3, -0.25) is 4.79 Å². The largest absolute Gasteiger partial charge is 0.481 e. The number of hydrogen-bond donors (Lipinski definition) is 2. The summed E-state index contributed by atoms with van der Waals surface area (Å²) in [5.74, 6) is -7.58. The number of halogens is 2. The van der Waals surface area contributed by atoms with Crippen molar-refractivity contribution in [1.29, 1.82) is 0 Å². The van der Waals surface area contributed by atoms with Gasteiger partial charge in [-0.25, -0.2) is 4.79 Å². The van der Waals surface area contributed by atoms with Crippen LogP contribution in [0.25, 0.3) is 0 Å². The number of nitrogens with zero attached hydrogens (tertiary/aromatic N) is 1. The van der Waals surface area contributed by atoms with Crippen LogP contribution in [0.1, 0.15) is 49.3 Å². The number of ether oxygens (including phenoxy) is 1. The van der Waals surface area contributed by atoms with E-state index in [1.165, 1.54) is 18.2 Å². The fraction of sp³-hybridized carbons (Fsp3) is 0.600. The second kappa shape index (κ2) is 11.4. The number of carbonyl (C=O) groups is 2. The van der Waals surface area contributed by atoms with E-state index in [2.05, 4.69) is 5.32 Å². The lowest BCUT2D eigenvalue weighted by atomic mass is 9.98. The van der Waals surface area contributed by atoms with E-state index >= 15 is 0 Å². The average molecular weight is 441 g/mol. The van der Waals surface area contributed by atoms with Gasteiger partial charge in [-0.15, -0.1) is 23.2 Å². The van der Waals surface area contributed by atoms with Gasteiger partial charge in [0.25, 0.3) is 0 Å². The van der Waals surface area contributed by atoms with Crippen LogP contribution in [0.4, 0.5) is 10.5 Å². The Morgan fingerprint density at radius 1 is 1.29 bits per heavy atom. The van der Waals surface area contributed by atoms with Gasteiger partial charge in [-0.05, 0) is 57.4 Å². The second-order valence-electron chi connectivity index (χ2n) is 7.00. The fourth-order valence-electron chi connectivity index (χ4n) is 2.38. The lowest BCUT2D eigenvalue weighted by molar-refractivity contribution is -0.137. The summed E-state index contributed by atoms with van der Waals surface area (Å²) in [7, 11) is 0. The van der Waals surface area contributed by atoms with Gasteiger partial charge in [0.1, 0.15) is 5.60 Å². The van der Waals surface area contributed by atoms with Crippen molar-refractivity contribution in [2.45, 2.75) is 52.2 Å². The summed E-state index contributed by atoms with van der Waals surface area (Å²) < 4.78 is 68.8. The monoisotopic (exact) mass is 440 g/mol. The van der Waals surface area contributed by atoms with E-state index in [4.69, 9.17) is 38.9 Å². The predicted molar refractivity (Wildman–Crippen MR) is 114 cm³/mol. The molecule has 2 N–H and O–H groups in total. The second-order valence-corrected chi connectivity index (χ2v) is 7.38. The van der Waals surface area contributed by atoms with E-state index in [1.807, 2.05) is 0 Å². The number of alkyl carbamates (subject to hydrolysis) is 1. The van der Waals surface area contributed by atoms with Crippen molar-refractivity contribution in [2.75, 3.05) is 29.6 Å². The molecule has 0 radical (unpaired) electrons. The molecule has 0 saturated heterocycles. The molecule has 8 heteroatoms. The molecule has 0 spiro atoms. The SMILES string of the molecule is [2H]C([2H])(Cl)C([2H])([2H])N(c1ccc(C)c(C[C@@H](CC(=O)O)NC(=O)OC(C)(C)C)c1)C([2H])([2H])C([2H])([2H])Cl. The van der Waals surface area contributed by atoms with Crippen molar-refractivity contribution in [3.8, 4) is 0 Å². The number of aliphatic carboxylic acids is 1. The summed E-state index contributed by atoms with van der Waals surface area (Å²) in [6.45, 7) is -0.0699. The zero-order chi connectivity index (χ0) is 28.5. The van der Waals surface area contributed by atoms with Gasteiger partial charge < -0.3 is 20.1 Å². The Morgan fingerprint density at radius 3 is 2.39 bits per heavy atom. The number of carboxylic acids is 1. The van der Waals surface area contributed by atoms with Crippen molar-refractivity contribution in [1.82, 2.24) is 5.32 Å². The summed E-state index contributed by atoms with van der Waals surface area (Å²) in [5.41, 5.74) is -0.251. The van der Waals surface area contributed by atoms with E-state index in [-0.39, 0.29) is 17.0 Å². The first-order valence-electron chi connectivity index (χ1n) is 12.4. The van der Waals surface area contributed by atoms with E-state index in [0.717, 1.165) is 0 Å². The van der Waals surface area contributed by atoms with E-state index in [0.29, 0.717) is 11.1 Å². The summed E-state index contributed by atoms with van der Waals surface area (Å²) in [6.07, 6.45) is -1.46. The third-order valence-corrected chi connectivity index (χ3v) is 3.68. The molecule has 0 aromatic heterocycles. The summed E-state index contributed by atoms with van der Waals surface area (Å²) in [4.78, 5) is 23.8. The van der Waals surface area contributed by atoms with Crippen molar-refractivity contribution >= 4 is 41.0 Å². The zero-order valence-electron chi connectivity index (χ0n) is 24.1. The molecule has 28 heavy (non-hydrogen) atoms. The van der Waals surface area contributed by atoms with Crippen LogP contribution in [-0.4, -0.2) is 53.5 Å². The van der Waals surface area contributed by atoms with Gasteiger partial charge in [0.05, 0.1) is 11.9 Å². The van der Waals surface area contributed by atoms with Gasteiger partial charge >= 0.3 is 12.1 Å². The Bertz CT molecular complexity index is 937. The van der Waals surface area contributed by atoms with Crippen LogP contribution in [0, 0.1) is 6.92 Å². The fourth-order valence-corrected chi connectivity index (χ4v) is 2.55. The van der Waals surface area contributed by atoms with Gasteiger partial charge in [0.2, 0.25) is 0 Å². The molecule has 6 nitrogen and oxygen atoms in total. The van der Waals surface area contributed by atoms with Gasteiger partial charge in [-0.2, -0.15) is 0 Å². The van der Waals surface area contributed by atoms with Crippen LogP contribution in [0.2, 0.25) is 0 Å². The van der Waals surface area contributed by atoms with E-state index in [9.17, 15) is 14.7 Å². The number of aryl methyl sites for hydroxylation is 1. The van der Waals surface area contributed by atoms with E-state index in [1.54, 1.807) is 27.7 Å². The Balaban J connectivity index is 3.57. The first-order valence-corrected chi connectivity index (χ1v) is 9.15. The van der Waals surface area contributed by atoms with Crippen LogP contribution < -0.4 is 10.2 Å². The number of carbonyl (C=O) groups excluding carboxylic acids is 1. The van der Waals surface area contributed by atoms with Crippen LogP contribution in [0.3, 0.4) is 0 Å². The quantitative estimate of drug-likeness (QED) is 0.533. The van der Waals surface area contributed by atoms with Crippen LogP contribution >= 0.6 is 23.2 Å². The topological polar surface area (TPSA) is 78.9 Å². The molecule has 0 fully saturated rings. The smallest absolute Gasteiger partial charge is 0.407 e. The first kappa shape index (κ1) is 14.3. The highest BCUT2D eigenvalue weighted by atomic mass is 35.5. The molecule has 1 aromatic rings. The zero-order valence-corrected chi connectivity index (χ0v) is 17.6. The maximum absolute atomic E-state index is 12.2. The number of benzene rings is 1. The number of anilines is 1. The molecule has 158 valence electrons. The molecule has 0 aliphatic rings. The Kier molecular flexibility index (Phi) is 5.82. The third-order valence-electron chi connectivity index (χ3n) is 3.51. The number of rotatable bonds is 10. The van der Waals surface area contributed by atoms with Gasteiger partial charge in [-0.1, -0.05) is 6.07 Å². The Hall–Kier alpha value is -1.66. The highest BCUT2D eigenvalue weighted by Gasteiger charge is 2.22. The van der Waals surface area contributed by atoms with E-state index < -0.39 is 54.8 Å². The predicted octanol–water partition coefficient (Wildman–Crippen LogP) is 4.19. The van der Waals surface area contributed by atoms with Crippen molar-refractivity contribution in [2.24, 2.45) is 0 Å². The molecular weight excluding hydrogens is 403 g/mol. The minimum Gasteiger partial charge on any atom is -0.481 e. The first-order chi connectivity index (χ1) is 15.9. The molecule has 1 amide bonds. The molecule has 0 saturated carbocycles. The minimum absolute atomic E-state index is 0.105. The molecule has 1 atom stereocenters. The molecule has 1 aromatic carbocycles. The maximum atomic E-state index is 12.2. The lowest BCUT2D eigenvalue weighted by Crippen LogP contribution is -2.41. The summed E-state index contributed by atoms with van der Waals surface area (Å²) in [5, 5.41) is 11.8. The molecular formula is C20H30Cl2N2O4. The Labute approximate surface area is 188 Å². The van der Waals surface area contributed by atoms with Crippen LogP contribution in [-0.2, 0) is 16.0 Å². The van der Waals surface area contributed by atoms with Crippen molar-refractivity contribution < 1.29 is 30.4 Å². The third kappa shape index (κ3) is 9.02. The van der Waals surface area contributed by atoms with Crippen molar-refractivity contribution in [3.05, 3.63) is 29.3 Å². The Morgan fingerprint density at radius 2 is 1.89 bits per heavy atom. The lowest BCUT2D eigenvalue weighted by Gasteiger charge is -2.26. The van der Waals surface area contributed by atoms with Gasteiger partial charge in [0.15, 0.2) is 0 Å². The van der Waals surface area contributed by atoms with Crippen LogP contribution in [0.15, 0.2) is 18.2 Å². The number of hydrogen-bond acceptors (Lipinski definition) is 4. The highest BCUT2D eigenvalue weighted by Crippen LogP contribution is 2.22. The minimum atomic E-state index is -3.30. The normalized spacial score (nSPS) is 18.6. The average Bonchev–Trinajstić information content (AvgIpc) is 2.59. The molecule has 0 aliphatic carbocycles. The maximum Gasteiger partial charge on any atom is 0.407 e. The molecule has 0 bridgehead atoms. The van der Waals surface area contributed by atoms with Gasteiger partial charge in [0, 0.05) is 41.9 Å². The van der Waals surface area contributed by atoms with Crippen molar-refractivity contribution in [3.63, 3.8) is 0 Å². The van der Waals surface area contributed by atoms with Crippen LogP contribution in [0.5, 0.6) is 0 Å². The summed E-state index contributed by atoms with van der Waals surface area (Å²) in [6, 6.07) is 2.92. The molecule has 0 heterocycles. The highest BCUT2D eigenvalue weighted by molar-refractivity contribution is 6.18. The number of carboxylic acid groups (broad SMARTS) is 1. The molecule has 0 aliphatic heterocycles. The number of nitrogens with one attached hydrogen (secondary N) is 1. The number of amides is 1. The molecule has 1 rings (SSSR count).